The summed E-state index contributed by atoms with van der Waals surface area (Å²) < 4.78 is 0. The normalized spacial score (nSPS) is 11.2. The smallest absolute Gasteiger partial charge is 0.269 e. The van der Waals surface area contributed by atoms with E-state index in [9.17, 15) is 20.2 Å². The molecule has 14 heteroatoms. The molecule has 0 amide bonds. The first-order valence-corrected chi connectivity index (χ1v) is 10.6. The molecule has 0 spiro atoms. The minimum Gasteiger partial charge on any atom is -0.278 e. The highest BCUT2D eigenvalue weighted by Crippen LogP contribution is 2.39. The molecule has 10 nitrogen and oxygen atoms in total. The average molecular weight is 542 g/mol. The Bertz CT molecular complexity index is 1170. The quantitative estimate of drug-likeness (QED) is 0.136. The molecular weight excluding hydrogens is 530 g/mol. The van der Waals surface area contributed by atoms with Crippen molar-refractivity contribution in [3.8, 4) is 0 Å². The molecule has 0 atom stereocenters. The fourth-order valence-electron chi connectivity index (χ4n) is 2.55. The van der Waals surface area contributed by atoms with Gasteiger partial charge in [0.05, 0.1) is 53.7 Å². The second-order valence-corrected chi connectivity index (χ2v) is 7.94. The first kappa shape index (κ1) is 25.2. The standard InChI is InChI=1S/C20H12Cl4N6O4/c21-17-15(9-25-27-11-1-5-13(6-2-11)29(31)32)18(22)20(24)16(19(17)23)10-26-28-12-3-7-14(8-4-12)30(33)34/h1-10,27-28H/b25-9+,26-10+. The van der Waals surface area contributed by atoms with Gasteiger partial charge in [-0.05, 0) is 24.3 Å². The van der Waals surface area contributed by atoms with Crippen LogP contribution in [0.1, 0.15) is 11.1 Å². The third-order valence-electron chi connectivity index (χ3n) is 4.26. The van der Waals surface area contributed by atoms with Gasteiger partial charge in [0.15, 0.2) is 0 Å². The molecule has 0 unspecified atom stereocenters. The van der Waals surface area contributed by atoms with Crippen molar-refractivity contribution in [3.05, 3.63) is 100.0 Å². The summed E-state index contributed by atoms with van der Waals surface area (Å²) in [6, 6.07) is 11.2. The van der Waals surface area contributed by atoms with E-state index in [4.69, 9.17) is 46.4 Å². The van der Waals surface area contributed by atoms with Gasteiger partial charge in [-0.1, -0.05) is 46.4 Å². The predicted octanol–water partition coefficient (Wildman–Crippen LogP) is 7.01. The highest BCUT2D eigenvalue weighted by molar-refractivity contribution is 6.51. The number of nitrogens with one attached hydrogen (secondary N) is 2. The van der Waals surface area contributed by atoms with Crippen LogP contribution in [0.5, 0.6) is 0 Å². The average Bonchev–Trinajstić information content (AvgIpc) is 2.82. The highest BCUT2D eigenvalue weighted by Gasteiger charge is 2.18. The Morgan fingerprint density at radius 1 is 0.618 bits per heavy atom. The SMILES string of the molecule is O=[N+]([O-])c1ccc(N/N=C/c2c(Cl)c(Cl)c(/C=N/Nc3ccc([N+](=O)[O-])cc3)c(Cl)c2Cl)cc1. The Morgan fingerprint density at radius 2 is 0.912 bits per heavy atom. The molecule has 0 aromatic heterocycles. The Morgan fingerprint density at radius 3 is 1.18 bits per heavy atom. The predicted molar refractivity (Wildman–Crippen MR) is 135 cm³/mol. The molecule has 3 aromatic carbocycles. The maximum atomic E-state index is 10.7. The van der Waals surface area contributed by atoms with E-state index in [0.29, 0.717) is 11.4 Å². The molecule has 0 fully saturated rings. The molecule has 0 heterocycles. The van der Waals surface area contributed by atoms with E-state index in [1.165, 1.54) is 61.0 Å². The maximum Gasteiger partial charge on any atom is 0.269 e. The molecule has 3 aromatic rings. The third-order valence-corrected chi connectivity index (χ3v) is 6.03. The lowest BCUT2D eigenvalue weighted by molar-refractivity contribution is -0.385. The Balaban J connectivity index is 1.76. The monoisotopic (exact) mass is 540 g/mol. The van der Waals surface area contributed by atoms with Crippen molar-refractivity contribution in [1.82, 2.24) is 0 Å². The molecule has 174 valence electrons. The highest BCUT2D eigenvalue weighted by atomic mass is 35.5. The minimum atomic E-state index is -0.511. The molecule has 2 N–H and O–H groups in total. The van der Waals surface area contributed by atoms with Gasteiger partial charge in [0.1, 0.15) is 0 Å². The maximum absolute atomic E-state index is 10.7. The number of nitrogens with zero attached hydrogens (tertiary/aromatic N) is 4. The van der Waals surface area contributed by atoms with Crippen molar-refractivity contribution in [3.63, 3.8) is 0 Å². The van der Waals surface area contributed by atoms with Crippen molar-refractivity contribution < 1.29 is 9.85 Å². The molecule has 0 bridgehead atoms. The van der Waals surface area contributed by atoms with Crippen LogP contribution >= 0.6 is 46.4 Å². The summed E-state index contributed by atoms with van der Waals surface area (Å²) in [6.07, 6.45) is 2.61. The number of hydrazone groups is 2. The van der Waals surface area contributed by atoms with Gasteiger partial charge in [-0.15, -0.1) is 0 Å². The van der Waals surface area contributed by atoms with Gasteiger partial charge in [0, 0.05) is 35.4 Å². The first-order chi connectivity index (χ1) is 16.2. The molecular formula is C20H12Cl4N6O4. The van der Waals surface area contributed by atoms with Gasteiger partial charge < -0.3 is 0 Å². The van der Waals surface area contributed by atoms with Crippen LogP contribution in [0.15, 0.2) is 58.7 Å². The molecule has 0 saturated carbocycles. The van der Waals surface area contributed by atoms with Crippen LogP contribution in [0, 0.1) is 20.2 Å². The lowest BCUT2D eigenvalue weighted by Crippen LogP contribution is -1.98. The molecule has 0 radical (unpaired) electrons. The molecule has 0 saturated heterocycles. The van der Waals surface area contributed by atoms with E-state index in [0.717, 1.165) is 0 Å². The van der Waals surface area contributed by atoms with E-state index in [1.54, 1.807) is 0 Å². The van der Waals surface area contributed by atoms with Crippen LogP contribution in [0.3, 0.4) is 0 Å². The second-order valence-electron chi connectivity index (χ2n) is 6.43. The Kier molecular flexibility index (Phi) is 8.24. The van der Waals surface area contributed by atoms with Gasteiger partial charge in [-0.3, -0.25) is 31.1 Å². The number of rotatable bonds is 8. The zero-order chi connectivity index (χ0) is 24.8. The Labute approximate surface area is 212 Å². The number of benzene rings is 3. The number of hydrogen-bond acceptors (Lipinski definition) is 8. The van der Waals surface area contributed by atoms with Gasteiger partial charge in [-0.25, -0.2) is 0 Å². The van der Waals surface area contributed by atoms with Gasteiger partial charge in [-0.2, -0.15) is 10.2 Å². The summed E-state index contributed by atoms with van der Waals surface area (Å²) in [5.41, 5.74) is 6.75. The topological polar surface area (TPSA) is 135 Å². The van der Waals surface area contributed by atoms with Crippen LogP contribution in [0.25, 0.3) is 0 Å². The summed E-state index contributed by atoms with van der Waals surface area (Å²) in [7, 11) is 0. The first-order valence-electron chi connectivity index (χ1n) is 9.12. The van der Waals surface area contributed by atoms with Crippen molar-refractivity contribution in [2.24, 2.45) is 10.2 Å². The summed E-state index contributed by atoms with van der Waals surface area (Å²) in [6.45, 7) is 0. The summed E-state index contributed by atoms with van der Waals surface area (Å²) >= 11 is 25.4. The largest absolute Gasteiger partial charge is 0.278 e. The number of nitro benzene ring substituents is 2. The minimum absolute atomic E-state index is 0.0560. The van der Waals surface area contributed by atoms with Gasteiger partial charge >= 0.3 is 0 Å². The van der Waals surface area contributed by atoms with Crippen LogP contribution in [0.4, 0.5) is 22.7 Å². The fourth-order valence-corrected chi connectivity index (χ4v) is 3.63. The Hall–Kier alpha value is -3.44. The molecule has 34 heavy (non-hydrogen) atoms. The van der Waals surface area contributed by atoms with Crippen LogP contribution < -0.4 is 10.9 Å². The van der Waals surface area contributed by atoms with Crippen LogP contribution in [0.2, 0.25) is 20.1 Å². The molecule has 0 aliphatic heterocycles. The summed E-state index contributed by atoms with van der Waals surface area (Å²) in [5.74, 6) is 0. The zero-order valence-electron chi connectivity index (χ0n) is 16.7. The fraction of sp³-hybridized carbons (Fsp3) is 0. The lowest BCUT2D eigenvalue weighted by Gasteiger charge is -2.11. The van der Waals surface area contributed by atoms with E-state index in [1.807, 2.05) is 0 Å². The van der Waals surface area contributed by atoms with Crippen molar-refractivity contribution in [2.45, 2.75) is 0 Å². The van der Waals surface area contributed by atoms with E-state index < -0.39 is 9.85 Å². The zero-order valence-corrected chi connectivity index (χ0v) is 19.7. The van der Waals surface area contributed by atoms with E-state index >= 15 is 0 Å². The van der Waals surface area contributed by atoms with Crippen molar-refractivity contribution in [1.29, 1.82) is 0 Å². The molecule has 3 rings (SSSR count). The number of non-ortho nitro benzene ring substituents is 2. The van der Waals surface area contributed by atoms with Gasteiger partial charge in [0.25, 0.3) is 11.4 Å². The molecule has 0 aliphatic rings. The van der Waals surface area contributed by atoms with Crippen LogP contribution in [-0.2, 0) is 0 Å². The number of nitro groups is 2. The number of hydrogen-bond donors (Lipinski definition) is 2. The third kappa shape index (κ3) is 5.91. The van der Waals surface area contributed by atoms with E-state index in [2.05, 4.69) is 21.1 Å². The summed E-state index contributed by atoms with van der Waals surface area (Å²) in [4.78, 5) is 20.4. The summed E-state index contributed by atoms with van der Waals surface area (Å²) in [5, 5.41) is 29.7. The lowest BCUT2D eigenvalue weighted by atomic mass is 10.1. The number of halogens is 4. The van der Waals surface area contributed by atoms with Crippen molar-refractivity contribution >= 4 is 81.6 Å². The number of anilines is 2. The van der Waals surface area contributed by atoms with Crippen LogP contribution in [-0.4, -0.2) is 22.3 Å². The second kappa shape index (κ2) is 11.1. The van der Waals surface area contributed by atoms with Gasteiger partial charge in [0.2, 0.25) is 0 Å². The molecule has 0 aliphatic carbocycles. The van der Waals surface area contributed by atoms with Crippen molar-refractivity contribution in [2.75, 3.05) is 10.9 Å². The van der Waals surface area contributed by atoms with E-state index in [-0.39, 0.29) is 42.6 Å².